The topological polar surface area (TPSA) is 353 Å². The number of rotatable bonds is 19. The Morgan fingerprint density at radius 1 is 0.905 bits per heavy atom. The lowest BCUT2D eigenvalue weighted by Gasteiger charge is -2.21. The maximum atomic E-state index is 12.6. The molecule has 1 rings (SSSR count). The van der Waals surface area contributed by atoms with Crippen molar-refractivity contribution in [3.63, 3.8) is 0 Å². The predicted octanol–water partition coefficient (Wildman–Crippen LogP) is -5.66. The van der Waals surface area contributed by atoms with Gasteiger partial charge in [0.15, 0.2) is 5.96 Å². The number of nitrogens with two attached hydrogens (primary N) is 4. The molecular formula is C22H35N11O9. The van der Waals surface area contributed by atoms with Crippen LogP contribution in [0.25, 0.3) is 0 Å². The first-order valence-corrected chi connectivity index (χ1v) is 12.4. The van der Waals surface area contributed by atoms with Crippen LogP contribution in [-0.2, 0) is 40.0 Å². The van der Waals surface area contributed by atoms with E-state index in [2.05, 4.69) is 36.2 Å². The van der Waals surface area contributed by atoms with Crippen molar-refractivity contribution in [1.82, 2.24) is 31.2 Å². The smallest absolute Gasteiger partial charge is 0.326 e. The van der Waals surface area contributed by atoms with Gasteiger partial charge in [0.2, 0.25) is 29.5 Å². The third kappa shape index (κ3) is 13.7. The summed E-state index contributed by atoms with van der Waals surface area (Å²) in [4.78, 5) is 94.5. The number of carbonyl (C=O) groups is 7. The number of aromatic amines is 1. The molecule has 0 aliphatic carbocycles. The monoisotopic (exact) mass is 597 g/mol. The highest BCUT2D eigenvalue weighted by molar-refractivity contribution is 5.96. The zero-order valence-electron chi connectivity index (χ0n) is 22.4. The zero-order chi connectivity index (χ0) is 31.8. The van der Waals surface area contributed by atoms with E-state index in [4.69, 9.17) is 28.0 Å². The molecule has 4 atom stereocenters. The van der Waals surface area contributed by atoms with Crippen LogP contribution < -0.4 is 44.2 Å². The second-order valence-electron chi connectivity index (χ2n) is 8.90. The lowest BCUT2D eigenvalue weighted by Crippen LogP contribution is -2.56. The molecule has 0 aliphatic heterocycles. The van der Waals surface area contributed by atoms with Crippen LogP contribution in [0.2, 0.25) is 0 Å². The van der Waals surface area contributed by atoms with E-state index in [0.717, 1.165) is 0 Å². The number of carboxylic acid groups (broad SMARTS) is 2. The first kappa shape index (κ1) is 34.8. The van der Waals surface area contributed by atoms with E-state index in [-0.39, 0.29) is 25.3 Å². The van der Waals surface area contributed by atoms with Gasteiger partial charge in [-0.05, 0) is 12.8 Å². The largest absolute Gasteiger partial charge is 0.481 e. The van der Waals surface area contributed by atoms with Crippen molar-refractivity contribution in [2.45, 2.75) is 56.3 Å². The maximum absolute atomic E-state index is 12.6. The standard InChI is InChI=1S/C22H35N11O9/c23-11(2-1-3-28-22(25)26)18(38)32-12(5-15(24)34)19(39)29-8-16(35)31-13(6-17(36)37)20(40)33-14(21(41)42)4-10-7-27-9-30-10/h7,9,11-14H,1-6,8,23H2,(H2,24,34)(H,27,30)(H,29,39)(H,31,35)(H,32,38)(H,33,40)(H,36,37)(H,41,42)(H4,25,26,28)/t11-,12-,13-,14-/m0/s1. The molecule has 20 nitrogen and oxygen atoms in total. The molecule has 1 aromatic heterocycles. The second-order valence-corrected chi connectivity index (χ2v) is 8.90. The highest BCUT2D eigenvalue weighted by Crippen LogP contribution is 2.02. The highest BCUT2D eigenvalue weighted by Gasteiger charge is 2.30. The first-order valence-electron chi connectivity index (χ1n) is 12.4. The summed E-state index contributed by atoms with van der Waals surface area (Å²) in [7, 11) is 0. The van der Waals surface area contributed by atoms with Gasteiger partial charge in [-0.2, -0.15) is 0 Å². The van der Waals surface area contributed by atoms with Crippen molar-refractivity contribution in [2.24, 2.45) is 27.9 Å². The van der Waals surface area contributed by atoms with Gasteiger partial charge in [-0.15, -0.1) is 0 Å². The number of guanidine groups is 1. The van der Waals surface area contributed by atoms with Gasteiger partial charge in [0.05, 0.1) is 31.8 Å². The Bertz CT molecular complexity index is 1150. The van der Waals surface area contributed by atoms with Gasteiger partial charge in [0.25, 0.3) is 0 Å². The van der Waals surface area contributed by atoms with Crippen molar-refractivity contribution in [3.05, 3.63) is 18.2 Å². The summed E-state index contributed by atoms with van der Waals surface area (Å²) in [5.74, 6) is -7.97. The molecule has 0 fully saturated rings. The number of aromatic nitrogens is 2. The van der Waals surface area contributed by atoms with Gasteiger partial charge in [-0.3, -0.25) is 33.8 Å². The fourth-order valence-electron chi connectivity index (χ4n) is 3.35. The first-order chi connectivity index (χ1) is 19.7. The van der Waals surface area contributed by atoms with E-state index in [0.29, 0.717) is 12.1 Å². The number of aliphatic imine (C=N–C) groups is 1. The molecule has 15 N–H and O–H groups in total. The Hall–Kier alpha value is -5.27. The number of nitrogens with one attached hydrogen (secondary N) is 5. The molecule has 42 heavy (non-hydrogen) atoms. The molecule has 5 amide bonds. The Morgan fingerprint density at radius 3 is 2.10 bits per heavy atom. The van der Waals surface area contributed by atoms with E-state index in [1.807, 2.05) is 0 Å². The molecule has 0 spiro atoms. The summed E-state index contributed by atoms with van der Waals surface area (Å²) >= 11 is 0. The molecule has 0 bridgehead atoms. The number of H-pyrrole nitrogens is 1. The van der Waals surface area contributed by atoms with Crippen LogP contribution in [0.5, 0.6) is 0 Å². The molecule has 0 aromatic carbocycles. The summed E-state index contributed by atoms with van der Waals surface area (Å²) in [6.07, 6.45) is 1.33. The van der Waals surface area contributed by atoms with Gasteiger partial charge < -0.3 is 59.4 Å². The minimum atomic E-state index is -1.71. The quantitative estimate of drug-likeness (QED) is 0.0403. The summed E-state index contributed by atoms with van der Waals surface area (Å²) in [6, 6.07) is -5.80. The number of carboxylic acids is 2. The van der Waals surface area contributed by atoms with Crippen LogP contribution in [-0.4, -0.2) is 105 Å². The molecule has 20 heteroatoms. The van der Waals surface area contributed by atoms with Gasteiger partial charge >= 0.3 is 11.9 Å². The number of hydrogen-bond donors (Lipinski definition) is 11. The summed E-state index contributed by atoms with van der Waals surface area (Å²) < 4.78 is 0. The number of hydrogen-bond acceptors (Lipinski definition) is 10. The fraction of sp³-hybridized carbons (Fsp3) is 0.500. The van der Waals surface area contributed by atoms with Crippen molar-refractivity contribution in [2.75, 3.05) is 13.1 Å². The van der Waals surface area contributed by atoms with Crippen LogP contribution in [0.4, 0.5) is 0 Å². The SMILES string of the molecule is NC(=O)C[C@H](NC(=O)[C@@H](N)CCCN=C(N)N)C(=O)NCC(=O)N[C@@H](CC(=O)O)C(=O)N[C@@H](Cc1cnc[nH]1)C(=O)O. The minimum Gasteiger partial charge on any atom is -0.481 e. The minimum absolute atomic E-state index is 0.133. The molecule has 0 radical (unpaired) electrons. The van der Waals surface area contributed by atoms with Gasteiger partial charge in [0, 0.05) is 24.9 Å². The Kier molecular flexibility index (Phi) is 14.4. The second kappa shape index (κ2) is 17.4. The van der Waals surface area contributed by atoms with Crippen molar-refractivity contribution in [3.8, 4) is 0 Å². The highest BCUT2D eigenvalue weighted by atomic mass is 16.4. The van der Waals surface area contributed by atoms with Crippen LogP contribution in [0.3, 0.4) is 0 Å². The third-order valence-electron chi connectivity index (χ3n) is 5.39. The third-order valence-corrected chi connectivity index (χ3v) is 5.39. The molecule has 0 aliphatic rings. The number of carbonyl (C=O) groups excluding carboxylic acids is 5. The van der Waals surface area contributed by atoms with Crippen molar-refractivity contribution in [1.29, 1.82) is 0 Å². The lowest BCUT2D eigenvalue weighted by atomic mass is 10.1. The predicted molar refractivity (Wildman–Crippen MR) is 143 cm³/mol. The molecule has 1 aromatic rings. The van der Waals surface area contributed by atoms with Gasteiger partial charge in [-0.1, -0.05) is 0 Å². The van der Waals surface area contributed by atoms with Crippen LogP contribution >= 0.6 is 0 Å². The average molecular weight is 598 g/mol. The Labute approximate surface area is 238 Å². The number of nitrogens with zero attached hydrogens (tertiary/aromatic N) is 2. The molecular weight excluding hydrogens is 562 g/mol. The van der Waals surface area contributed by atoms with E-state index >= 15 is 0 Å². The summed E-state index contributed by atoms with van der Waals surface area (Å²) in [5.41, 5.74) is 21.7. The Morgan fingerprint density at radius 2 is 1.55 bits per heavy atom. The van der Waals surface area contributed by atoms with Crippen molar-refractivity contribution >= 4 is 47.4 Å². The summed E-state index contributed by atoms with van der Waals surface area (Å²) in [6.45, 7) is -0.611. The molecule has 0 saturated heterocycles. The van der Waals surface area contributed by atoms with Crippen LogP contribution in [0.15, 0.2) is 17.5 Å². The van der Waals surface area contributed by atoms with E-state index < -0.39 is 85.0 Å². The maximum Gasteiger partial charge on any atom is 0.326 e. The zero-order valence-corrected chi connectivity index (χ0v) is 22.4. The number of amides is 5. The van der Waals surface area contributed by atoms with Crippen LogP contribution in [0.1, 0.15) is 31.4 Å². The van der Waals surface area contributed by atoms with Crippen molar-refractivity contribution < 1.29 is 43.8 Å². The molecule has 1 heterocycles. The number of aliphatic carboxylic acids is 2. The number of imidazole rings is 1. The summed E-state index contributed by atoms with van der Waals surface area (Å²) in [5, 5.41) is 27.2. The van der Waals surface area contributed by atoms with Gasteiger partial charge in [0.1, 0.15) is 18.1 Å². The molecule has 0 saturated carbocycles. The molecule has 232 valence electrons. The number of primary amides is 1. The van der Waals surface area contributed by atoms with Gasteiger partial charge in [-0.25, -0.2) is 9.78 Å². The molecule has 0 unspecified atom stereocenters. The van der Waals surface area contributed by atoms with E-state index in [1.54, 1.807) is 0 Å². The Balaban J connectivity index is 2.77. The van der Waals surface area contributed by atoms with Crippen LogP contribution in [0, 0.1) is 0 Å². The lowest BCUT2D eigenvalue weighted by molar-refractivity contribution is -0.143. The normalized spacial score (nSPS) is 13.4. The van der Waals surface area contributed by atoms with E-state index in [1.165, 1.54) is 12.5 Å². The fourth-order valence-corrected chi connectivity index (χ4v) is 3.35. The van der Waals surface area contributed by atoms with E-state index in [9.17, 15) is 38.7 Å². The average Bonchev–Trinajstić information content (AvgIpc) is 3.40.